The minimum atomic E-state index is 0.228. The molecule has 0 radical (unpaired) electrons. The smallest absolute Gasteiger partial charge is 0.222 e. The van der Waals surface area contributed by atoms with E-state index >= 15 is 0 Å². The summed E-state index contributed by atoms with van der Waals surface area (Å²) < 4.78 is 0. The molecule has 1 aliphatic rings. The molecule has 128 valence electrons. The molecule has 1 N–H and O–H groups in total. The number of nitrogens with zero attached hydrogens (tertiary/aromatic N) is 2. The van der Waals surface area contributed by atoms with Gasteiger partial charge in [-0.25, -0.2) is 0 Å². The van der Waals surface area contributed by atoms with E-state index in [2.05, 4.69) is 34.5 Å². The number of hydrogen-bond donors (Lipinski definition) is 1. The molecule has 0 atom stereocenters. The summed E-state index contributed by atoms with van der Waals surface area (Å²) in [7, 11) is 1.86. The Balaban J connectivity index is 1.63. The van der Waals surface area contributed by atoms with Gasteiger partial charge in [0.15, 0.2) is 0 Å². The molecule has 1 aromatic carbocycles. The molecule has 4 heteroatoms. The van der Waals surface area contributed by atoms with E-state index in [0.29, 0.717) is 6.42 Å². The van der Waals surface area contributed by atoms with E-state index in [-0.39, 0.29) is 5.91 Å². The third-order valence-electron chi connectivity index (χ3n) is 4.67. The number of rotatable bonds is 9. The lowest BCUT2D eigenvalue weighted by Gasteiger charge is -2.15. The zero-order valence-corrected chi connectivity index (χ0v) is 14.7. The van der Waals surface area contributed by atoms with Crippen LogP contribution in [-0.4, -0.2) is 55.5 Å². The standard InChI is InChI=1S/C19H31N3O/c1-3-21(2)19(23)7-6-13-20-18-10-8-17(9-11-18)12-16-22-14-4-5-15-22/h8-11,20H,3-7,12-16H2,1-2H3. The number of hydrogen-bond acceptors (Lipinski definition) is 3. The Kier molecular flexibility index (Phi) is 7.40. The van der Waals surface area contributed by atoms with Gasteiger partial charge in [0.2, 0.25) is 5.91 Å². The van der Waals surface area contributed by atoms with Crippen LogP contribution in [0.5, 0.6) is 0 Å². The van der Waals surface area contributed by atoms with Gasteiger partial charge in [-0.15, -0.1) is 0 Å². The Bertz CT molecular complexity index is 466. The van der Waals surface area contributed by atoms with Gasteiger partial charge in [-0.2, -0.15) is 0 Å². The minimum absolute atomic E-state index is 0.228. The average molecular weight is 317 g/mol. The van der Waals surface area contributed by atoms with E-state index in [1.165, 1.54) is 38.0 Å². The van der Waals surface area contributed by atoms with Crippen molar-refractivity contribution in [2.45, 2.75) is 39.0 Å². The maximum atomic E-state index is 11.7. The molecular formula is C19H31N3O. The van der Waals surface area contributed by atoms with Gasteiger partial charge in [-0.1, -0.05) is 12.1 Å². The SMILES string of the molecule is CCN(C)C(=O)CCCNc1ccc(CCN2CCCC2)cc1. The van der Waals surface area contributed by atoms with E-state index in [1.807, 2.05) is 14.0 Å². The lowest BCUT2D eigenvalue weighted by molar-refractivity contribution is -0.129. The summed E-state index contributed by atoms with van der Waals surface area (Å²) >= 11 is 0. The van der Waals surface area contributed by atoms with Crippen LogP contribution in [0, 0.1) is 0 Å². The Morgan fingerprint density at radius 2 is 1.91 bits per heavy atom. The molecule has 0 unspecified atom stereocenters. The molecule has 1 heterocycles. The molecule has 0 aromatic heterocycles. The van der Waals surface area contributed by atoms with Gasteiger partial charge in [0.05, 0.1) is 0 Å². The highest BCUT2D eigenvalue weighted by atomic mass is 16.2. The number of amides is 1. The van der Waals surface area contributed by atoms with Crippen LogP contribution in [0.2, 0.25) is 0 Å². The van der Waals surface area contributed by atoms with E-state index in [1.54, 1.807) is 4.90 Å². The highest BCUT2D eigenvalue weighted by Crippen LogP contribution is 2.13. The quantitative estimate of drug-likeness (QED) is 0.711. The van der Waals surface area contributed by atoms with Crippen LogP contribution in [0.4, 0.5) is 5.69 Å². The Morgan fingerprint density at radius 1 is 1.22 bits per heavy atom. The minimum Gasteiger partial charge on any atom is -0.385 e. The number of anilines is 1. The van der Waals surface area contributed by atoms with Crippen LogP contribution in [0.3, 0.4) is 0 Å². The van der Waals surface area contributed by atoms with Crippen LogP contribution >= 0.6 is 0 Å². The van der Waals surface area contributed by atoms with Gasteiger partial charge < -0.3 is 15.1 Å². The highest BCUT2D eigenvalue weighted by molar-refractivity contribution is 5.75. The van der Waals surface area contributed by atoms with Crippen molar-refractivity contribution in [1.29, 1.82) is 0 Å². The van der Waals surface area contributed by atoms with Crippen molar-refractivity contribution in [2.24, 2.45) is 0 Å². The third kappa shape index (κ3) is 6.22. The number of benzene rings is 1. The van der Waals surface area contributed by atoms with Crippen molar-refractivity contribution in [3.8, 4) is 0 Å². The van der Waals surface area contributed by atoms with Crippen molar-refractivity contribution in [2.75, 3.05) is 45.1 Å². The van der Waals surface area contributed by atoms with E-state index < -0.39 is 0 Å². The molecule has 4 nitrogen and oxygen atoms in total. The van der Waals surface area contributed by atoms with Crippen molar-refractivity contribution < 1.29 is 4.79 Å². The van der Waals surface area contributed by atoms with Gasteiger partial charge in [-0.05, 0) is 63.4 Å². The molecule has 1 aliphatic heterocycles. The normalized spacial score (nSPS) is 14.9. The Labute approximate surface area is 140 Å². The topological polar surface area (TPSA) is 35.6 Å². The van der Waals surface area contributed by atoms with E-state index in [9.17, 15) is 4.79 Å². The summed E-state index contributed by atoms with van der Waals surface area (Å²) in [6.45, 7) is 7.35. The fourth-order valence-corrected chi connectivity index (χ4v) is 2.92. The molecule has 0 bridgehead atoms. The predicted octanol–water partition coefficient (Wildman–Crippen LogP) is 3.00. The van der Waals surface area contributed by atoms with Crippen LogP contribution < -0.4 is 5.32 Å². The fraction of sp³-hybridized carbons (Fsp3) is 0.632. The Hall–Kier alpha value is -1.55. The largest absolute Gasteiger partial charge is 0.385 e. The van der Waals surface area contributed by atoms with Crippen LogP contribution in [0.25, 0.3) is 0 Å². The van der Waals surface area contributed by atoms with Gasteiger partial charge in [0, 0.05) is 38.8 Å². The van der Waals surface area contributed by atoms with E-state index in [0.717, 1.165) is 31.6 Å². The van der Waals surface area contributed by atoms with Crippen molar-refractivity contribution in [3.05, 3.63) is 29.8 Å². The molecule has 0 spiro atoms. The molecule has 1 fully saturated rings. The Morgan fingerprint density at radius 3 is 2.57 bits per heavy atom. The van der Waals surface area contributed by atoms with Gasteiger partial charge in [0.25, 0.3) is 0 Å². The summed E-state index contributed by atoms with van der Waals surface area (Å²) in [5, 5.41) is 3.40. The predicted molar refractivity (Wildman–Crippen MR) is 96.9 cm³/mol. The highest BCUT2D eigenvalue weighted by Gasteiger charge is 2.10. The molecule has 0 saturated carbocycles. The van der Waals surface area contributed by atoms with Gasteiger partial charge in [-0.3, -0.25) is 4.79 Å². The lowest BCUT2D eigenvalue weighted by Crippen LogP contribution is -2.26. The first-order valence-electron chi connectivity index (χ1n) is 8.98. The van der Waals surface area contributed by atoms with Crippen molar-refractivity contribution in [3.63, 3.8) is 0 Å². The zero-order chi connectivity index (χ0) is 16.5. The molecule has 1 aromatic rings. The molecule has 0 aliphatic carbocycles. The number of carbonyl (C=O) groups is 1. The third-order valence-corrected chi connectivity index (χ3v) is 4.67. The zero-order valence-electron chi connectivity index (χ0n) is 14.7. The molecular weight excluding hydrogens is 286 g/mol. The fourth-order valence-electron chi connectivity index (χ4n) is 2.92. The first-order chi connectivity index (χ1) is 11.2. The summed E-state index contributed by atoms with van der Waals surface area (Å²) in [6.07, 6.45) is 5.35. The van der Waals surface area contributed by atoms with Crippen LogP contribution in [-0.2, 0) is 11.2 Å². The number of carbonyl (C=O) groups excluding carboxylic acids is 1. The second-order valence-electron chi connectivity index (χ2n) is 6.43. The van der Waals surface area contributed by atoms with Crippen molar-refractivity contribution >= 4 is 11.6 Å². The van der Waals surface area contributed by atoms with Crippen LogP contribution in [0.15, 0.2) is 24.3 Å². The van der Waals surface area contributed by atoms with E-state index in [4.69, 9.17) is 0 Å². The summed E-state index contributed by atoms with van der Waals surface area (Å²) in [4.78, 5) is 16.0. The lowest BCUT2D eigenvalue weighted by atomic mass is 10.1. The number of nitrogens with one attached hydrogen (secondary N) is 1. The first kappa shape index (κ1) is 17.8. The van der Waals surface area contributed by atoms with Gasteiger partial charge >= 0.3 is 0 Å². The molecule has 1 amide bonds. The second kappa shape index (κ2) is 9.56. The van der Waals surface area contributed by atoms with Crippen molar-refractivity contribution in [1.82, 2.24) is 9.80 Å². The summed E-state index contributed by atoms with van der Waals surface area (Å²) in [5.74, 6) is 0.228. The monoisotopic (exact) mass is 317 g/mol. The van der Waals surface area contributed by atoms with Crippen LogP contribution in [0.1, 0.15) is 38.2 Å². The average Bonchev–Trinajstić information content (AvgIpc) is 3.10. The second-order valence-corrected chi connectivity index (χ2v) is 6.43. The van der Waals surface area contributed by atoms with Gasteiger partial charge in [0.1, 0.15) is 0 Å². The molecule has 1 saturated heterocycles. The summed E-state index contributed by atoms with van der Waals surface area (Å²) in [5.41, 5.74) is 2.55. The molecule has 23 heavy (non-hydrogen) atoms. The molecule has 2 rings (SSSR count). The summed E-state index contributed by atoms with van der Waals surface area (Å²) in [6, 6.07) is 8.74. The number of likely N-dealkylation sites (tertiary alicyclic amines) is 1. The maximum absolute atomic E-state index is 11.7. The maximum Gasteiger partial charge on any atom is 0.222 e. The first-order valence-corrected chi connectivity index (χ1v) is 8.98.